The van der Waals surface area contributed by atoms with E-state index in [1.54, 1.807) is 14.0 Å². The first-order chi connectivity index (χ1) is 15.6. The van der Waals surface area contributed by atoms with Gasteiger partial charge in [-0.15, -0.1) is 0 Å². The molecule has 2 aliphatic rings. The highest BCUT2D eigenvalue weighted by Crippen LogP contribution is 2.48. The maximum atomic E-state index is 13.7. The van der Waals surface area contributed by atoms with Crippen molar-refractivity contribution in [1.29, 1.82) is 0 Å². The van der Waals surface area contributed by atoms with Gasteiger partial charge < -0.3 is 14.0 Å². The van der Waals surface area contributed by atoms with Gasteiger partial charge >= 0.3 is 6.18 Å². The summed E-state index contributed by atoms with van der Waals surface area (Å²) in [7, 11) is 2.95. The summed E-state index contributed by atoms with van der Waals surface area (Å²) in [6, 6.07) is 0.956. The molecule has 0 N–H and O–H groups in total. The fourth-order valence-corrected chi connectivity index (χ4v) is 4.31. The van der Waals surface area contributed by atoms with Gasteiger partial charge in [0, 0.05) is 42.9 Å². The van der Waals surface area contributed by atoms with Crippen molar-refractivity contribution in [3.8, 4) is 17.0 Å². The monoisotopic (exact) mass is 461 g/mol. The summed E-state index contributed by atoms with van der Waals surface area (Å²) < 4.78 is 53.3. The Morgan fingerprint density at radius 3 is 2.67 bits per heavy atom. The molecule has 2 aromatic heterocycles. The molecule has 0 saturated heterocycles. The predicted octanol–water partition coefficient (Wildman–Crippen LogP) is 4.68. The van der Waals surface area contributed by atoms with Crippen LogP contribution in [0.1, 0.15) is 31.2 Å². The highest BCUT2D eigenvalue weighted by Gasteiger charge is 2.41. The van der Waals surface area contributed by atoms with Crippen molar-refractivity contribution in [3.63, 3.8) is 0 Å². The van der Waals surface area contributed by atoms with Gasteiger partial charge in [-0.25, -0.2) is 4.98 Å². The van der Waals surface area contributed by atoms with Crippen LogP contribution in [0.3, 0.4) is 0 Å². The summed E-state index contributed by atoms with van der Waals surface area (Å²) in [5.41, 5.74) is -0.390. The van der Waals surface area contributed by atoms with Crippen LogP contribution >= 0.6 is 0 Å². The van der Waals surface area contributed by atoms with Gasteiger partial charge in [0.25, 0.3) is 5.56 Å². The molecular formula is C24H26F3N3O3. The van der Waals surface area contributed by atoms with Gasteiger partial charge in [-0.05, 0) is 31.8 Å². The first-order valence-electron chi connectivity index (χ1n) is 10.8. The number of aromatic nitrogens is 3. The van der Waals surface area contributed by atoms with Crippen molar-refractivity contribution >= 4 is 0 Å². The highest BCUT2D eigenvalue weighted by molar-refractivity contribution is 5.71. The van der Waals surface area contributed by atoms with E-state index in [1.807, 2.05) is 6.08 Å². The molecule has 176 valence electrons. The average Bonchev–Trinajstić information content (AvgIpc) is 3.53. The molecule has 0 aromatic carbocycles. The van der Waals surface area contributed by atoms with E-state index in [9.17, 15) is 18.0 Å². The molecule has 1 fully saturated rings. The number of alkyl halides is 3. The van der Waals surface area contributed by atoms with Crippen LogP contribution in [0.4, 0.5) is 13.2 Å². The summed E-state index contributed by atoms with van der Waals surface area (Å²) in [5, 5.41) is 0. The standard InChI is InChI=1S/C24H26F3N3O3/c1-13-7-15(5-6-21(13)32-4)17-8-16(17)12-33-23-19(10-28-14(2)29-23)18-9-22(31)30(3)11-20(18)24(25,26)27/h5-6,9-11,13,16-17H,7-8,12H2,1-4H3. The van der Waals surface area contributed by atoms with Gasteiger partial charge in [-0.3, -0.25) is 4.79 Å². The molecule has 1 saturated carbocycles. The first kappa shape index (κ1) is 23.1. The van der Waals surface area contributed by atoms with Crippen LogP contribution in [0.15, 0.2) is 46.7 Å². The Bertz CT molecular complexity index is 1180. The Morgan fingerprint density at radius 1 is 1.24 bits per heavy atom. The van der Waals surface area contributed by atoms with Crippen molar-refractivity contribution in [3.05, 3.63) is 63.7 Å². The smallest absolute Gasteiger partial charge is 0.418 e. The van der Waals surface area contributed by atoms with Gasteiger partial charge in [0.2, 0.25) is 5.88 Å². The van der Waals surface area contributed by atoms with Crippen LogP contribution in [-0.4, -0.2) is 28.3 Å². The second-order valence-corrected chi connectivity index (χ2v) is 8.72. The maximum Gasteiger partial charge on any atom is 0.418 e. The van der Waals surface area contributed by atoms with E-state index in [1.165, 1.54) is 18.8 Å². The molecule has 33 heavy (non-hydrogen) atoms. The van der Waals surface area contributed by atoms with Crippen molar-refractivity contribution in [2.75, 3.05) is 13.7 Å². The molecule has 0 amide bonds. The van der Waals surface area contributed by atoms with Crippen molar-refractivity contribution in [1.82, 2.24) is 14.5 Å². The third-order valence-corrected chi connectivity index (χ3v) is 6.26. The van der Waals surface area contributed by atoms with Crippen molar-refractivity contribution < 1.29 is 22.6 Å². The predicted molar refractivity (Wildman–Crippen MR) is 116 cm³/mol. The van der Waals surface area contributed by atoms with E-state index < -0.39 is 17.3 Å². The summed E-state index contributed by atoms with van der Waals surface area (Å²) in [5.74, 6) is 2.34. The molecule has 2 aliphatic carbocycles. The van der Waals surface area contributed by atoms with E-state index in [-0.39, 0.29) is 22.9 Å². The number of nitrogens with zero attached hydrogens (tertiary/aromatic N) is 3. The van der Waals surface area contributed by atoms with Gasteiger partial charge in [0.15, 0.2) is 0 Å². The minimum atomic E-state index is -4.65. The molecular weight excluding hydrogens is 435 g/mol. The molecule has 3 unspecified atom stereocenters. The highest BCUT2D eigenvalue weighted by atomic mass is 19.4. The third-order valence-electron chi connectivity index (χ3n) is 6.26. The van der Waals surface area contributed by atoms with Gasteiger partial charge in [-0.1, -0.05) is 18.6 Å². The van der Waals surface area contributed by atoms with E-state index in [4.69, 9.17) is 9.47 Å². The van der Waals surface area contributed by atoms with Crippen molar-refractivity contribution in [2.45, 2.75) is 32.9 Å². The topological polar surface area (TPSA) is 66.2 Å². The number of allylic oxidation sites excluding steroid dienone is 4. The minimum Gasteiger partial charge on any atom is -0.501 e. The van der Waals surface area contributed by atoms with Crippen LogP contribution in [0.2, 0.25) is 0 Å². The molecule has 0 radical (unpaired) electrons. The number of methoxy groups -OCH3 is 1. The van der Waals surface area contributed by atoms with E-state index in [2.05, 4.69) is 23.0 Å². The second-order valence-electron chi connectivity index (χ2n) is 8.72. The third kappa shape index (κ3) is 4.82. The summed E-state index contributed by atoms with van der Waals surface area (Å²) in [4.78, 5) is 20.4. The Labute approximate surface area is 189 Å². The van der Waals surface area contributed by atoms with E-state index >= 15 is 0 Å². The second kappa shape index (κ2) is 8.68. The zero-order valence-corrected chi connectivity index (χ0v) is 18.9. The SMILES string of the molecule is COC1=CC=C(C2CC2COc2nc(C)ncc2-c2cc(=O)n(C)cc2C(F)(F)F)CC1C. The molecule has 0 spiro atoms. The number of rotatable bonds is 6. The first-order valence-corrected chi connectivity index (χ1v) is 10.8. The normalized spacial score (nSPS) is 22.5. The van der Waals surface area contributed by atoms with Crippen LogP contribution in [0, 0.1) is 24.7 Å². The maximum absolute atomic E-state index is 13.7. The Balaban J connectivity index is 1.57. The molecule has 6 nitrogen and oxygen atoms in total. The number of hydrogen-bond acceptors (Lipinski definition) is 5. The summed E-state index contributed by atoms with van der Waals surface area (Å²) in [6.07, 6.45) is 3.39. The molecule has 2 heterocycles. The van der Waals surface area contributed by atoms with Gasteiger partial charge in [-0.2, -0.15) is 18.2 Å². The number of aryl methyl sites for hydroxylation is 2. The average molecular weight is 461 g/mol. The zero-order valence-electron chi connectivity index (χ0n) is 18.9. The molecule has 0 aliphatic heterocycles. The number of halogens is 3. The van der Waals surface area contributed by atoms with Crippen LogP contribution in [-0.2, 0) is 18.0 Å². The number of ether oxygens (including phenoxy) is 2. The molecule has 2 aromatic rings. The zero-order chi connectivity index (χ0) is 23.9. The number of pyridine rings is 1. The Hall–Kier alpha value is -3.10. The lowest BCUT2D eigenvalue weighted by atomic mass is 9.91. The molecule has 0 bridgehead atoms. The minimum absolute atomic E-state index is 0.0551. The summed E-state index contributed by atoms with van der Waals surface area (Å²) >= 11 is 0. The fourth-order valence-electron chi connectivity index (χ4n) is 4.31. The van der Waals surface area contributed by atoms with Gasteiger partial charge in [0.1, 0.15) is 5.82 Å². The summed E-state index contributed by atoms with van der Waals surface area (Å²) in [6.45, 7) is 4.08. The quantitative estimate of drug-likeness (QED) is 0.625. The van der Waals surface area contributed by atoms with Crippen LogP contribution < -0.4 is 10.3 Å². The van der Waals surface area contributed by atoms with Crippen LogP contribution in [0.5, 0.6) is 5.88 Å². The lowest BCUT2D eigenvalue weighted by Crippen LogP contribution is -2.20. The van der Waals surface area contributed by atoms with Crippen LogP contribution in [0.25, 0.3) is 11.1 Å². The largest absolute Gasteiger partial charge is 0.501 e. The van der Waals surface area contributed by atoms with Gasteiger partial charge in [0.05, 0.1) is 30.6 Å². The Kier molecular flexibility index (Phi) is 6.07. The van der Waals surface area contributed by atoms with E-state index in [0.29, 0.717) is 24.3 Å². The molecule has 9 heteroatoms. The Morgan fingerprint density at radius 2 is 2.00 bits per heavy atom. The fraction of sp³-hybridized carbons (Fsp3) is 0.458. The number of hydrogen-bond donors (Lipinski definition) is 0. The molecule has 3 atom stereocenters. The lowest BCUT2D eigenvalue weighted by Gasteiger charge is -2.20. The van der Waals surface area contributed by atoms with Crippen molar-refractivity contribution in [2.24, 2.45) is 24.8 Å². The molecule has 4 rings (SSSR count). The van der Waals surface area contributed by atoms with E-state index in [0.717, 1.165) is 35.4 Å². The lowest BCUT2D eigenvalue weighted by molar-refractivity contribution is -0.137.